The summed E-state index contributed by atoms with van der Waals surface area (Å²) in [7, 11) is 0. The van der Waals surface area contributed by atoms with Crippen molar-refractivity contribution in [2.75, 3.05) is 6.61 Å². The molecule has 0 fully saturated rings. The topological polar surface area (TPSA) is 40.5 Å². The molecular weight excluding hydrogens is 340 g/mol. The first kappa shape index (κ1) is 22.9. The summed E-state index contributed by atoms with van der Waals surface area (Å²) in [4.78, 5) is 2.37. The van der Waals surface area contributed by atoms with Crippen molar-refractivity contribution in [2.24, 2.45) is 16.7 Å². The monoisotopic (exact) mass is 376 g/mol. The maximum atomic E-state index is 10.4. The number of hydrogen-bond donors (Lipinski definition) is 2. The Morgan fingerprint density at radius 1 is 1.27 bits per heavy atom. The zero-order valence-corrected chi connectivity index (χ0v) is 18.5. The van der Waals surface area contributed by atoms with Gasteiger partial charge in [0.1, 0.15) is 0 Å². The first-order valence-electron chi connectivity index (χ1n) is 9.24. The fraction of sp³-hybridized carbons (Fsp3) is 0.565. The van der Waals surface area contributed by atoms with Crippen LogP contribution in [-0.2, 0) is 0 Å². The van der Waals surface area contributed by atoms with Gasteiger partial charge >= 0.3 is 0 Å². The Morgan fingerprint density at radius 2 is 1.85 bits per heavy atom. The van der Waals surface area contributed by atoms with E-state index < -0.39 is 0 Å². The van der Waals surface area contributed by atoms with E-state index in [-0.39, 0.29) is 23.4 Å². The van der Waals surface area contributed by atoms with Crippen molar-refractivity contribution >= 4 is 11.8 Å². The highest BCUT2D eigenvalue weighted by atomic mass is 32.2. The summed E-state index contributed by atoms with van der Waals surface area (Å²) in [5.41, 5.74) is 3.11. The zero-order chi connectivity index (χ0) is 20.3. The molecule has 1 rings (SSSR count). The molecule has 0 bridgehead atoms. The lowest BCUT2D eigenvalue weighted by atomic mass is 9.75. The van der Waals surface area contributed by atoms with E-state index in [4.69, 9.17) is 0 Å². The first-order valence-corrected chi connectivity index (χ1v) is 10.1. The van der Waals surface area contributed by atoms with Gasteiger partial charge in [0.2, 0.25) is 0 Å². The van der Waals surface area contributed by atoms with Crippen molar-refractivity contribution in [2.45, 2.75) is 61.8 Å². The van der Waals surface area contributed by atoms with E-state index in [1.165, 1.54) is 4.91 Å². The molecule has 1 aliphatic carbocycles. The molecule has 0 saturated carbocycles. The molecule has 0 amide bonds. The Labute approximate surface area is 164 Å². The Balaban J connectivity index is 3.32. The van der Waals surface area contributed by atoms with E-state index in [1.54, 1.807) is 11.8 Å². The van der Waals surface area contributed by atoms with E-state index >= 15 is 0 Å². The van der Waals surface area contributed by atoms with Gasteiger partial charge in [-0.3, -0.25) is 0 Å². The molecule has 2 nitrogen and oxygen atoms in total. The van der Waals surface area contributed by atoms with Crippen molar-refractivity contribution in [1.82, 2.24) is 0 Å². The second-order valence-corrected chi connectivity index (χ2v) is 10.4. The van der Waals surface area contributed by atoms with Crippen LogP contribution in [0.1, 0.15) is 61.8 Å². The standard InChI is InChI=1S/C23H36O2S/c1-10-15(2)20(12-17(14-24)22(4,5)6)26-21-13-18(23(7,8)9)19(25)11-16(21)3/h10-12,18,24-25H,1,13-14H2,2-9H3/b17-12+,20-15+. The lowest BCUT2D eigenvalue weighted by Crippen LogP contribution is -2.25. The van der Waals surface area contributed by atoms with Gasteiger partial charge in [0.25, 0.3) is 0 Å². The van der Waals surface area contributed by atoms with Crippen molar-refractivity contribution in [3.05, 3.63) is 57.1 Å². The summed E-state index contributed by atoms with van der Waals surface area (Å²) in [6, 6.07) is 0. The molecule has 0 aliphatic heterocycles. The van der Waals surface area contributed by atoms with Gasteiger partial charge in [-0.2, -0.15) is 0 Å². The van der Waals surface area contributed by atoms with E-state index in [0.29, 0.717) is 5.76 Å². The van der Waals surface area contributed by atoms with Gasteiger partial charge in [-0.25, -0.2) is 0 Å². The fourth-order valence-corrected chi connectivity index (χ4v) is 4.02. The molecule has 146 valence electrons. The lowest BCUT2D eigenvalue weighted by Gasteiger charge is -2.34. The second kappa shape index (κ2) is 8.67. The van der Waals surface area contributed by atoms with Gasteiger partial charge in [-0.15, -0.1) is 0 Å². The van der Waals surface area contributed by atoms with Gasteiger partial charge in [-0.05, 0) is 64.9 Å². The summed E-state index contributed by atoms with van der Waals surface area (Å²) in [5.74, 6) is 0.592. The van der Waals surface area contributed by atoms with Crippen LogP contribution in [0, 0.1) is 16.7 Å². The molecule has 0 aromatic rings. The molecule has 26 heavy (non-hydrogen) atoms. The SMILES string of the molecule is C=C/C(C)=C(\C=C(/CO)C(C)(C)C)SC1=C(C)C=C(O)C(C(C)(C)C)C1. The summed E-state index contributed by atoms with van der Waals surface area (Å²) in [6.07, 6.45) is 6.70. The lowest BCUT2D eigenvalue weighted by molar-refractivity contribution is 0.199. The van der Waals surface area contributed by atoms with E-state index in [1.807, 2.05) is 12.2 Å². The van der Waals surface area contributed by atoms with E-state index in [0.717, 1.165) is 28.0 Å². The van der Waals surface area contributed by atoms with Crippen LogP contribution in [0.3, 0.4) is 0 Å². The highest BCUT2D eigenvalue weighted by molar-refractivity contribution is 8.07. The average molecular weight is 377 g/mol. The largest absolute Gasteiger partial charge is 0.512 e. The molecule has 1 atom stereocenters. The van der Waals surface area contributed by atoms with Crippen molar-refractivity contribution < 1.29 is 10.2 Å². The second-order valence-electron chi connectivity index (χ2n) is 9.23. The van der Waals surface area contributed by atoms with E-state index in [9.17, 15) is 10.2 Å². The number of thioether (sulfide) groups is 1. The minimum absolute atomic E-state index is 0.00194. The number of allylic oxidation sites excluding steroid dienone is 7. The highest BCUT2D eigenvalue weighted by Crippen LogP contribution is 2.46. The van der Waals surface area contributed by atoms with Crippen molar-refractivity contribution in [3.8, 4) is 0 Å². The molecule has 1 unspecified atom stereocenters. The molecule has 0 spiro atoms. The molecule has 0 aromatic carbocycles. The molecule has 0 radical (unpaired) electrons. The van der Waals surface area contributed by atoms with Gasteiger partial charge in [0.05, 0.1) is 12.4 Å². The third-order valence-electron chi connectivity index (χ3n) is 4.96. The fourth-order valence-electron chi connectivity index (χ4n) is 2.84. The quantitative estimate of drug-likeness (QED) is 0.511. The third-order valence-corrected chi connectivity index (χ3v) is 6.36. The Kier molecular flexibility index (Phi) is 7.62. The summed E-state index contributed by atoms with van der Waals surface area (Å²) >= 11 is 1.73. The summed E-state index contributed by atoms with van der Waals surface area (Å²) < 4.78 is 0. The molecule has 0 aromatic heterocycles. The number of rotatable bonds is 5. The van der Waals surface area contributed by atoms with Crippen LogP contribution in [0.2, 0.25) is 0 Å². The third kappa shape index (κ3) is 5.92. The smallest absolute Gasteiger partial charge is 0.0965 e. The van der Waals surface area contributed by atoms with Gasteiger partial charge in [0.15, 0.2) is 0 Å². The van der Waals surface area contributed by atoms with Crippen LogP contribution in [0.5, 0.6) is 0 Å². The maximum Gasteiger partial charge on any atom is 0.0965 e. The minimum Gasteiger partial charge on any atom is -0.512 e. The predicted octanol–water partition coefficient (Wildman–Crippen LogP) is 6.93. The average Bonchev–Trinajstić information content (AvgIpc) is 2.49. The molecule has 2 N–H and O–H groups in total. The van der Waals surface area contributed by atoms with Crippen molar-refractivity contribution in [1.29, 1.82) is 0 Å². The zero-order valence-electron chi connectivity index (χ0n) is 17.7. The molecular formula is C23H36O2S. The molecule has 0 heterocycles. The Bertz CT molecular complexity index is 661. The molecule has 0 saturated heterocycles. The molecule has 3 heteroatoms. The van der Waals surface area contributed by atoms with Crippen molar-refractivity contribution in [3.63, 3.8) is 0 Å². The van der Waals surface area contributed by atoms with Crippen LogP contribution in [0.15, 0.2) is 57.1 Å². The van der Waals surface area contributed by atoms with Crippen LogP contribution >= 0.6 is 11.8 Å². The summed E-state index contributed by atoms with van der Waals surface area (Å²) in [5, 5.41) is 20.2. The Morgan fingerprint density at radius 3 is 2.27 bits per heavy atom. The predicted molar refractivity (Wildman–Crippen MR) is 116 cm³/mol. The van der Waals surface area contributed by atoms with Crippen LogP contribution in [0.25, 0.3) is 0 Å². The Hall–Kier alpha value is -1.19. The first-order chi connectivity index (χ1) is 11.8. The number of hydrogen-bond acceptors (Lipinski definition) is 3. The minimum atomic E-state index is -0.0931. The van der Waals surface area contributed by atoms with Crippen LogP contribution < -0.4 is 0 Å². The van der Waals surface area contributed by atoms with Crippen LogP contribution in [-0.4, -0.2) is 16.8 Å². The van der Waals surface area contributed by atoms with Crippen LogP contribution in [0.4, 0.5) is 0 Å². The van der Waals surface area contributed by atoms with Gasteiger partial charge < -0.3 is 10.2 Å². The van der Waals surface area contributed by atoms with Gasteiger partial charge in [-0.1, -0.05) is 66.0 Å². The normalized spacial score (nSPS) is 20.7. The molecule has 1 aliphatic rings. The maximum absolute atomic E-state index is 10.4. The van der Waals surface area contributed by atoms with Gasteiger partial charge in [0, 0.05) is 10.8 Å². The highest BCUT2D eigenvalue weighted by Gasteiger charge is 2.32. The summed E-state index contributed by atoms with van der Waals surface area (Å²) in [6.45, 7) is 20.9. The number of aliphatic hydroxyl groups is 2. The van der Waals surface area contributed by atoms with E-state index in [2.05, 4.69) is 68.0 Å². The number of aliphatic hydroxyl groups excluding tert-OH is 2.